The van der Waals surface area contributed by atoms with Crippen LogP contribution >= 0.6 is 0 Å². The Labute approximate surface area is 113 Å². The van der Waals surface area contributed by atoms with E-state index in [4.69, 9.17) is 5.73 Å². The van der Waals surface area contributed by atoms with E-state index in [1.54, 1.807) is 0 Å². The number of piperidine rings is 1. The molecule has 0 aromatic heterocycles. The molecule has 1 heterocycles. The third-order valence-corrected chi connectivity index (χ3v) is 3.83. The summed E-state index contributed by atoms with van der Waals surface area (Å²) in [6, 6.07) is -0.447. The van der Waals surface area contributed by atoms with Crippen LogP contribution in [0.2, 0.25) is 0 Å². The SMILES string of the molecule is CC1CCCN(c2c(F)c(F)c(F)c(F)c2F)C1CN. The third kappa shape index (κ3) is 2.24. The lowest BCUT2D eigenvalue weighted by molar-refractivity contribution is 0.331. The highest BCUT2D eigenvalue weighted by Gasteiger charge is 2.35. The zero-order chi connectivity index (χ0) is 15.0. The Balaban J connectivity index is 2.57. The number of benzene rings is 1. The maximum Gasteiger partial charge on any atom is 0.200 e. The molecule has 0 aliphatic carbocycles. The quantitative estimate of drug-likeness (QED) is 0.516. The fraction of sp³-hybridized carbons (Fsp3) is 0.538. The van der Waals surface area contributed by atoms with Gasteiger partial charge in [0.05, 0.1) is 0 Å². The van der Waals surface area contributed by atoms with E-state index in [1.165, 1.54) is 4.90 Å². The minimum absolute atomic E-state index is 0.0173. The molecule has 0 saturated carbocycles. The molecule has 2 unspecified atom stereocenters. The molecular weight excluding hydrogens is 279 g/mol. The Morgan fingerprint density at radius 1 is 1.00 bits per heavy atom. The second-order valence-electron chi connectivity index (χ2n) is 5.03. The van der Waals surface area contributed by atoms with Crippen molar-refractivity contribution in [2.45, 2.75) is 25.8 Å². The lowest BCUT2D eigenvalue weighted by Gasteiger charge is -2.41. The van der Waals surface area contributed by atoms with Crippen LogP contribution in [0.5, 0.6) is 0 Å². The van der Waals surface area contributed by atoms with E-state index in [9.17, 15) is 22.0 Å². The van der Waals surface area contributed by atoms with Crippen LogP contribution in [-0.4, -0.2) is 19.1 Å². The number of anilines is 1. The van der Waals surface area contributed by atoms with E-state index in [0.29, 0.717) is 6.42 Å². The molecule has 2 rings (SSSR count). The second kappa shape index (κ2) is 5.55. The number of halogens is 5. The lowest BCUT2D eigenvalue weighted by atomic mass is 9.90. The van der Waals surface area contributed by atoms with E-state index < -0.39 is 40.8 Å². The molecule has 0 amide bonds. The van der Waals surface area contributed by atoms with Gasteiger partial charge < -0.3 is 10.6 Å². The Kier molecular flexibility index (Phi) is 4.17. The van der Waals surface area contributed by atoms with Gasteiger partial charge >= 0.3 is 0 Å². The molecule has 112 valence electrons. The Hall–Kier alpha value is -1.37. The molecule has 2 N–H and O–H groups in total. The van der Waals surface area contributed by atoms with Crippen molar-refractivity contribution in [2.24, 2.45) is 11.7 Å². The number of rotatable bonds is 2. The van der Waals surface area contributed by atoms with E-state index >= 15 is 0 Å². The van der Waals surface area contributed by atoms with Gasteiger partial charge in [-0.1, -0.05) is 6.92 Å². The molecule has 1 aromatic rings. The molecule has 7 heteroatoms. The van der Waals surface area contributed by atoms with Crippen molar-refractivity contribution >= 4 is 5.69 Å². The van der Waals surface area contributed by atoms with Gasteiger partial charge in [0, 0.05) is 19.1 Å². The summed E-state index contributed by atoms with van der Waals surface area (Å²) in [6.45, 7) is 2.14. The minimum atomic E-state index is -2.14. The van der Waals surface area contributed by atoms with Crippen LogP contribution in [0.15, 0.2) is 0 Å². The van der Waals surface area contributed by atoms with Gasteiger partial charge in [-0.15, -0.1) is 0 Å². The number of hydrogen-bond donors (Lipinski definition) is 1. The van der Waals surface area contributed by atoms with Gasteiger partial charge in [0.1, 0.15) is 5.69 Å². The van der Waals surface area contributed by atoms with Crippen molar-refractivity contribution in [2.75, 3.05) is 18.0 Å². The fourth-order valence-corrected chi connectivity index (χ4v) is 2.73. The number of hydrogen-bond acceptors (Lipinski definition) is 2. The maximum absolute atomic E-state index is 13.8. The summed E-state index contributed by atoms with van der Waals surface area (Å²) in [6.07, 6.45) is 1.41. The first-order valence-electron chi connectivity index (χ1n) is 6.38. The first kappa shape index (κ1) is 15.0. The van der Waals surface area contributed by atoms with Crippen molar-refractivity contribution in [3.8, 4) is 0 Å². The molecule has 1 saturated heterocycles. The first-order chi connectivity index (χ1) is 9.40. The summed E-state index contributed by atoms with van der Waals surface area (Å²) >= 11 is 0. The normalized spacial score (nSPS) is 23.2. The first-order valence-corrected chi connectivity index (χ1v) is 6.38. The summed E-state index contributed by atoms with van der Waals surface area (Å²) in [7, 11) is 0. The molecule has 0 bridgehead atoms. The fourth-order valence-electron chi connectivity index (χ4n) is 2.73. The highest BCUT2D eigenvalue weighted by atomic mass is 19.2. The van der Waals surface area contributed by atoms with E-state index in [1.807, 2.05) is 6.92 Å². The van der Waals surface area contributed by atoms with Gasteiger partial charge in [0.15, 0.2) is 23.3 Å². The smallest absolute Gasteiger partial charge is 0.200 e. The average molecular weight is 294 g/mol. The van der Waals surface area contributed by atoms with Crippen LogP contribution in [0.4, 0.5) is 27.6 Å². The Morgan fingerprint density at radius 3 is 2.00 bits per heavy atom. The van der Waals surface area contributed by atoms with Crippen molar-refractivity contribution < 1.29 is 22.0 Å². The van der Waals surface area contributed by atoms with Crippen molar-refractivity contribution in [3.05, 3.63) is 29.1 Å². The van der Waals surface area contributed by atoms with Crippen LogP contribution in [0.1, 0.15) is 19.8 Å². The molecule has 0 spiro atoms. The van der Waals surface area contributed by atoms with Crippen LogP contribution in [0.3, 0.4) is 0 Å². The zero-order valence-electron chi connectivity index (χ0n) is 10.9. The van der Waals surface area contributed by atoms with Crippen molar-refractivity contribution in [1.82, 2.24) is 0 Å². The van der Waals surface area contributed by atoms with Crippen LogP contribution in [-0.2, 0) is 0 Å². The van der Waals surface area contributed by atoms with Crippen LogP contribution in [0.25, 0.3) is 0 Å². The molecule has 1 fully saturated rings. The molecule has 1 aliphatic heterocycles. The lowest BCUT2D eigenvalue weighted by Crippen LogP contribution is -2.49. The van der Waals surface area contributed by atoms with Crippen molar-refractivity contribution in [1.29, 1.82) is 0 Å². The summed E-state index contributed by atoms with van der Waals surface area (Å²) in [5.41, 5.74) is 4.71. The highest BCUT2D eigenvalue weighted by molar-refractivity contribution is 5.52. The molecule has 1 aliphatic rings. The van der Waals surface area contributed by atoms with E-state index in [-0.39, 0.29) is 19.0 Å². The van der Waals surface area contributed by atoms with Gasteiger partial charge in [0.25, 0.3) is 0 Å². The van der Waals surface area contributed by atoms with Gasteiger partial charge in [-0.05, 0) is 18.8 Å². The zero-order valence-corrected chi connectivity index (χ0v) is 10.9. The minimum Gasteiger partial charge on any atom is -0.362 e. The summed E-state index contributed by atoms with van der Waals surface area (Å²) in [4.78, 5) is 1.20. The summed E-state index contributed by atoms with van der Waals surface area (Å²) in [5, 5.41) is 0. The molecule has 2 nitrogen and oxygen atoms in total. The Morgan fingerprint density at radius 2 is 1.50 bits per heavy atom. The molecule has 1 aromatic carbocycles. The summed E-state index contributed by atoms with van der Waals surface area (Å²) < 4.78 is 67.2. The molecule has 20 heavy (non-hydrogen) atoms. The van der Waals surface area contributed by atoms with Crippen molar-refractivity contribution in [3.63, 3.8) is 0 Å². The second-order valence-corrected chi connectivity index (χ2v) is 5.03. The topological polar surface area (TPSA) is 29.3 Å². The van der Waals surface area contributed by atoms with Crippen LogP contribution < -0.4 is 10.6 Å². The van der Waals surface area contributed by atoms with Gasteiger partial charge in [-0.3, -0.25) is 0 Å². The van der Waals surface area contributed by atoms with Gasteiger partial charge in [-0.2, -0.15) is 0 Å². The maximum atomic E-state index is 13.8. The third-order valence-electron chi connectivity index (χ3n) is 3.83. The predicted molar refractivity (Wildman–Crippen MR) is 64.8 cm³/mol. The predicted octanol–water partition coefficient (Wildman–Crippen LogP) is 2.95. The van der Waals surface area contributed by atoms with E-state index in [0.717, 1.165) is 6.42 Å². The molecular formula is C13H15F5N2. The average Bonchev–Trinajstić information content (AvgIpc) is 2.43. The Bertz CT molecular complexity index is 491. The highest BCUT2D eigenvalue weighted by Crippen LogP contribution is 2.35. The standard InChI is InChI=1S/C13H15F5N2/c1-6-3-2-4-20(7(6)5-19)13-11(17)9(15)8(14)10(16)12(13)18/h6-7H,2-5,19H2,1H3. The van der Waals surface area contributed by atoms with Crippen LogP contribution in [0, 0.1) is 35.0 Å². The van der Waals surface area contributed by atoms with E-state index in [2.05, 4.69) is 0 Å². The summed E-state index contributed by atoms with van der Waals surface area (Å²) in [5.74, 6) is -9.56. The van der Waals surface area contributed by atoms with Gasteiger partial charge in [0.2, 0.25) is 5.82 Å². The van der Waals surface area contributed by atoms with Gasteiger partial charge in [-0.25, -0.2) is 22.0 Å². The monoisotopic (exact) mass is 294 g/mol. The molecule has 0 radical (unpaired) electrons. The number of nitrogens with zero attached hydrogens (tertiary/aromatic N) is 1. The largest absolute Gasteiger partial charge is 0.362 e. The molecule has 2 atom stereocenters. The number of nitrogens with two attached hydrogens (primary N) is 1.